The van der Waals surface area contributed by atoms with Gasteiger partial charge in [0.05, 0.1) is 12.2 Å². The molecule has 0 heterocycles. The lowest BCUT2D eigenvalue weighted by atomic mass is 9.40. The molecule has 0 aromatic rings. The highest BCUT2D eigenvalue weighted by Crippen LogP contribution is 2.74. The van der Waals surface area contributed by atoms with Crippen molar-refractivity contribution in [3.05, 3.63) is 24.8 Å². The van der Waals surface area contributed by atoms with E-state index in [4.69, 9.17) is 4.74 Å². The van der Waals surface area contributed by atoms with Gasteiger partial charge in [-0.3, -0.25) is 0 Å². The minimum atomic E-state index is -0.695. The Morgan fingerprint density at radius 1 is 1.17 bits per heavy atom. The van der Waals surface area contributed by atoms with E-state index in [1.807, 2.05) is 0 Å². The Hall–Kier alpha value is -0.600. The molecule has 172 valence electrons. The zero-order valence-electron chi connectivity index (χ0n) is 20.8. The van der Waals surface area contributed by atoms with E-state index in [2.05, 4.69) is 53.9 Å². The lowest BCUT2D eigenvalue weighted by Gasteiger charge is -2.64. The SMILES string of the molecule is C=C[C@@]12CC[C@H](C(=C)C)[C@@]1(C)CC[C@]1(C)C[C@@](C)(C[C@](O)(CCC)COC)CC[C@H]12. The highest BCUT2D eigenvalue weighted by molar-refractivity contribution is 5.25. The number of rotatable bonds is 8. The van der Waals surface area contributed by atoms with Crippen molar-refractivity contribution in [2.24, 2.45) is 33.5 Å². The van der Waals surface area contributed by atoms with Crippen LogP contribution < -0.4 is 0 Å². The zero-order valence-corrected chi connectivity index (χ0v) is 20.8. The van der Waals surface area contributed by atoms with Crippen molar-refractivity contribution in [1.29, 1.82) is 0 Å². The summed E-state index contributed by atoms with van der Waals surface area (Å²) in [6.45, 7) is 21.2. The van der Waals surface area contributed by atoms with Crippen LogP contribution >= 0.6 is 0 Å². The van der Waals surface area contributed by atoms with Crippen LogP contribution in [0.15, 0.2) is 24.8 Å². The highest BCUT2D eigenvalue weighted by atomic mass is 16.5. The maximum Gasteiger partial charge on any atom is 0.0885 e. The summed E-state index contributed by atoms with van der Waals surface area (Å²) in [5.41, 5.74) is 1.71. The van der Waals surface area contributed by atoms with Crippen LogP contribution in [-0.4, -0.2) is 24.4 Å². The molecule has 1 N–H and O–H groups in total. The third kappa shape index (κ3) is 3.64. The molecule has 3 rings (SSSR count). The van der Waals surface area contributed by atoms with Crippen LogP contribution in [0.4, 0.5) is 0 Å². The Bertz CT molecular complexity index is 662. The molecule has 0 radical (unpaired) electrons. The summed E-state index contributed by atoms with van der Waals surface area (Å²) in [6, 6.07) is 0. The van der Waals surface area contributed by atoms with Crippen molar-refractivity contribution in [2.75, 3.05) is 13.7 Å². The summed E-state index contributed by atoms with van der Waals surface area (Å²) in [4.78, 5) is 0. The second-order valence-electron chi connectivity index (χ2n) is 12.4. The first kappa shape index (κ1) is 24.1. The molecule has 3 fully saturated rings. The van der Waals surface area contributed by atoms with Crippen LogP contribution in [0.5, 0.6) is 0 Å². The molecule has 0 spiro atoms. The van der Waals surface area contributed by atoms with Gasteiger partial charge in [0.2, 0.25) is 0 Å². The van der Waals surface area contributed by atoms with Crippen molar-refractivity contribution < 1.29 is 9.84 Å². The summed E-state index contributed by atoms with van der Waals surface area (Å²) < 4.78 is 5.44. The molecular formula is C28H48O2. The first-order chi connectivity index (χ1) is 13.9. The van der Waals surface area contributed by atoms with Gasteiger partial charge in [0.1, 0.15) is 0 Å². The number of ether oxygens (including phenoxy) is 1. The Labute approximate surface area is 186 Å². The van der Waals surface area contributed by atoms with Gasteiger partial charge in [-0.05, 0) is 98.2 Å². The molecule has 2 heteroatoms. The van der Waals surface area contributed by atoms with Crippen molar-refractivity contribution in [3.8, 4) is 0 Å². The third-order valence-corrected chi connectivity index (χ3v) is 10.1. The lowest BCUT2D eigenvalue weighted by Crippen LogP contribution is -2.57. The largest absolute Gasteiger partial charge is 0.387 e. The summed E-state index contributed by atoms with van der Waals surface area (Å²) in [5.74, 6) is 1.32. The fraction of sp³-hybridized carbons (Fsp3) is 0.857. The molecule has 3 aliphatic carbocycles. The molecule has 2 nitrogen and oxygen atoms in total. The summed E-state index contributed by atoms with van der Waals surface area (Å²) in [7, 11) is 1.72. The minimum absolute atomic E-state index is 0.177. The molecule has 0 aromatic carbocycles. The Morgan fingerprint density at radius 3 is 2.43 bits per heavy atom. The van der Waals surface area contributed by atoms with E-state index in [1.165, 1.54) is 50.5 Å². The predicted octanol–water partition coefficient (Wildman–Crippen LogP) is 7.33. The summed E-state index contributed by atoms with van der Waals surface area (Å²) >= 11 is 0. The van der Waals surface area contributed by atoms with E-state index >= 15 is 0 Å². The van der Waals surface area contributed by atoms with Gasteiger partial charge in [-0.25, -0.2) is 0 Å². The van der Waals surface area contributed by atoms with E-state index in [1.54, 1.807) is 7.11 Å². The van der Waals surface area contributed by atoms with Crippen molar-refractivity contribution in [3.63, 3.8) is 0 Å². The van der Waals surface area contributed by atoms with Crippen LogP contribution in [0.25, 0.3) is 0 Å². The van der Waals surface area contributed by atoms with Gasteiger partial charge in [-0.1, -0.05) is 52.3 Å². The number of fused-ring (bicyclic) bond motifs is 3. The fourth-order valence-electron chi connectivity index (χ4n) is 9.16. The van der Waals surface area contributed by atoms with Gasteiger partial charge in [0.15, 0.2) is 0 Å². The Balaban J connectivity index is 1.89. The van der Waals surface area contributed by atoms with Gasteiger partial charge in [0, 0.05) is 7.11 Å². The molecule has 0 amide bonds. The smallest absolute Gasteiger partial charge is 0.0885 e. The number of allylic oxidation sites excluding steroid dienone is 2. The maximum atomic E-state index is 11.3. The van der Waals surface area contributed by atoms with Gasteiger partial charge < -0.3 is 9.84 Å². The molecular weight excluding hydrogens is 368 g/mol. The Kier molecular flexibility index (Phi) is 6.47. The second-order valence-corrected chi connectivity index (χ2v) is 12.4. The molecule has 0 aliphatic heterocycles. The quantitative estimate of drug-likeness (QED) is 0.420. The first-order valence-electron chi connectivity index (χ1n) is 12.4. The van der Waals surface area contributed by atoms with Gasteiger partial charge in [-0.2, -0.15) is 0 Å². The molecule has 30 heavy (non-hydrogen) atoms. The van der Waals surface area contributed by atoms with E-state index in [9.17, 15) is 5.11 Å². The van der Waals surface area contributed by atoms with Gasteiger partial charge in [0.25, 0.3) is 0 Å². The third-order valence-electron chi connectivity index (χ3n) is 10.1. The fourth-order valence-corrected chi connectivity index (χ4v) is 9.16. The molecule has 3 aliphatic rings. The topological polar surface area (TPSA) is 29.5 Å². The molecule has 0 bridgehead atoms. The van der Waals surface area contributed by atoms with Crippen LogP contribution in [-0.2, 0) is 4.74 Å². The Morgan fingerprint density at radius 2 is 1.87 bits per heavy atom. The van der Waals surface area contributed by atoms with Crippen LogP contribution in [0, 0.1) is 33.5 Å². The monoisotopic (exact) mass is 416 g/mol. The number of methoxy groups -OCH3 is 1. The minimum Gasteiger partial charge on any atom is -0.387 e. The molecule has 0 saturated heterocycles. The van der Waals surface area contributed by atoms with E-state index in [-0.39, 0.29) is 10.8 Å². The average Bonchev–Trinajstić information content (AvgIpc) is 2.94. The molecule has 7 atom stereocenters. The van der Waals surface area contributed by atoms with Crippen LogP contribution in [0.1, 0.15) is 98.8 Å². The zero-order chi connectivity index (χ0) is 22.4. The van der Waals surface area contributed by atoms with Crippen LogP contribution in [0.3, 0.4) is 0 Å². The maximum absolute atomic E-state index is 11.3. The number of hydrogen-bond donors (Lipinski definition) is 1. The second kappa shape index (κ2) is 8.07. The van der Waals surface area contributed by atoms with Crippen molar-refractivity contribution in [2.45, 2.75) is 104 Å². The predicted molar refractivity (Wildman–Crippen MR) is 127 cm³/mol. The van der Waals surface area contributed by atoms with Gasteiger partial charge >= 0.3 is 0 Å². The number of aliphatic hydroxyl groups is 1. The first-order valence-corrected chi connectivity index (χ1v) is 12.4. The normalized spacial score (nSPS) is 45.3. The van der Waals surface area contributed by atoms with Gasteiger partial charge in [-0.15, -0.1) is 6.58 Å². The lowest BCUT2D eigenvalue weighted by molar-refractivity contribution is -0.147. The molecule has 0 aromatic heterocycles. The average molecular weight is 417 g/mol. The molecule has 3 saturated carbocycles. The molecule has 0 unspecified atom stereocenters. The van der Waals surface area contributed by atoms with E-state index in [0.717, 1.165) is 19.3 Å². The summed E-state index contributed by atoms with van der Waals surface area (Å²) in [6.07, 6.45) is 13.8. The van der Waals surface area contributed by atoms with Crippen molar-refractivity contribution in [1.82, 2.24) is 0 Å². The summed E-state index contributed by atoms with van der Waals surface area (Å²) in [5, 5.41) is 11.3. The van der Waals surface area contributed by atoms with Crippen molar-refractivity contribution >= 4 is 0 Å². The van der Waals surface area contributed by atoms with E-state index < -0.39 is 5.60 Å². The standard InChI is InChI=1S/C28H48O2/c1-9-13-27(29,20-30-8)19-24(5)14-12-23-25(6,18-24)16-17-26(7)22(21(3)4)11-15-28(23,26)10-2/h10,22-23,29H,2-3,9,11-20H2,1,4-8H3/t22-,23-,24+,25-,26-,27-,28+/m1/s1. The number of hydrogen-bond acceptors (Lipinski definition) is 2. The van der Waals surface area contributed by atoms with E-state index in [0.29, 0.717) is 29.3 Å². The highest BCUT2D eigenvalue weighted by Gasteiger charge is 2.66. The van der Waals surface area contributed by atoms with Crippen LogP contribution in [0.2, 0.25) is 0 Å².